The molecule has 2 aromatic heterocycles. The van der Waals surface area contributed by atoms with Gasteiger partial charge in [-0.25, -0.2) is 4.98 Å². The number of nitrogens with zero attached hydrogens (tertiary/aromatic N) is 2. The Morgan fingerprint density at radius 3 is 3.17 bits per heavy atom. The molecule has 0 saturated carbocycles. The molecule has 3 atom stereocenters. The molecule has 2 amide bonds. The van der Waals surface area contributed by atoms with E-state index in [2.05, 4.69) is 20.5 Å². The average Bonchev–Trinajstić information content (AvgIpc) is 3.09. The fourth-order valence-electron chi connectivity index (χ4n) is 3.67. The Morgan fingerprint density at radius 2 is 2.35 bits per heavy atom. The quantitative estimate of drug-likeness (QED) is 0.829. The number of carbonyl (C=O) groups is 2. The predicted molar refractivity (Wildman–Crippen MR) is 84.1 cm³/mol. The first kappa shape index (κ1) is 14.2. The molecule has 2 bridgehead atoms. The zero-order valence-electron chi connectivity index (χ0n) is 12.6. The Kier molecular flexibility index (Phi) is 3.49. The molecule has 0 aromatic carbocycles. The molecule has 0 spiro atoms. The van der Waals surface area contributed by atoms with Crippen LogP contribution < -0.4 is 10.6 Å². The smallest absolute Gasteiger partial charge is 0.274 e. The number of nitrogens with one attached hydrogen (secondary N) is 2. The molecule has 0 aliphatic carbocycles. The van der Waals surface area contributed by atoms with Crippen molar-refractivity contribution in [3.05, 3.63) is 24.0 Å². The molecule has 0 radical (unpaired) electrons. The summed E-state index contributed by atoms with van der Waals surface area (Å²) in [6, 6.07) is 3.58. The van der Waals surface area contributed by atoms with E-state index < -0.39 is 0 Å². The molecule has 2 fully saturated rings. The molecule has 4 rings (SSSR count). The number of hydrogen-bond acceptors (Lipinski definition) is 5. The number of amides is 2. The number of piperidine rings is 1. The highest BCUT2D eigenvalue weighted by atomic mass is 16.4. The topological polar surface area (TPSA) is 87.5 Å². The molecule has 4 heterocycles. The summed E-state index contributed by atoms with van der Waals surface area (Å²) in [5.74, 6) is 0.763. The summed E-state index contributed by atoms with van der Waals surface area (Å²) in [6.07, 6.45) is 4.36. The van der Waals surface area contributed by atoms with Crippen LogP contribution in [0.4, 0.5) is 5.88 Å². The van der Waals surface area contributed by atoms with Gasteiger partial charge in [-0.2, -0.15) is 0 Å². The Balaban J connectivity index is 1.55. The van der Waals surface area contributed by atoms with E-state index in [-0.39, 0.29) is 17.6 Å². The molecule has 23 heavy (non-hydrogen) atoms. The van der Waals surface area contributed by atoms with E-state index in [0.29, 0.717) is 23.8 Å². The van der Waals surface area contributed by atoms with Gasteiger partial charge in [0.2, 0.25) is 12.3 Å². The SMILES string of the molecule is O=CNc1cc2ccnc(C(=O)N[C@@H]3C[C@H]4CCN(C4)C3)c2o1. The molecule has 1 unspecified atom stereocenters. The summed E-state index contributed by atoms with van der Waals surface area (Å²) in [5.41, 5.74) is 0.655. The summed E-state index contributed by atoms with van der Waals surface area (Å²) in [6.45, 7) is 3.18. The minimum Gasteiger partial charge on any atom is -0.438 e. The Bertz CT molecular complexity index is 745. The van der Waals surface area contributed by atoms with Gasteiger partial charge in [-0.05, 0) is 31.4 Å². The second-order valence-corrected chi connectivity index (χ2v) is 6.27. The molecule has 2 N–H and O–H groups in total. The minimum absolute atomic E-state index is 0.156. The van der Waals surface area contributed by atoms with Gasteiger partial charge in [-0.15, -0.1) is 0 Å². The van der Waals surface area contributed by atoms with Crippen LogP contribution in [0.3, 0.4) is 0 Å². The third kappa shape index (κ3) is 2.68. The van der Waals surface area contributed by atoms with Gasteiger partial charge in [0.15, 0.2) is 11.3 Å². The van der Waals surface area contributed by atoms with Crippen molar-refractivity contribution in [1.82, 2.24) is 15.2 Å². The zero-order valence-corrected chi connectivity index (χ0v) is 12.6. The van der Waals surface area contributed by atoms with E-state index in [1.165, 1.54) is 6.42 Å². The van der Waals surface area contributed by atoms with Crippen molar-refractivity contribution < 1.29 is 14.0 Å². The lowest BCUT2D eigenvalue weighted by Gasteiger charge is -2.30. The highest BCUT2D eigenvalue weighted by molar-refractivity contribution is 6.03. The van der Waals surface area contributed by atoms with Gasteiger partial charge < -0.3 is 14.6 Å². The van der Waals surface area contributed by atoms with Crippen molar-refractivity contribution in [1.29, 1.82) is 0 Å². The number of rotatable bonds is 4. The molecule has 2 saturated heterocycles. The largest absolute Gasteiger partial charge is 0.438 e. The van der Waals surface area contributed by atoms with E-state index in [0.717, 1.165) is 31.4 Å². The lowest BCUT2D eigenvalue weighted by atomic mass is 9.97. The Morgan fingerprint density at radius 1 is 1.43 bits per heavy atom. The van der Waals surface area contributed by atoms with E-state index >= 15 is 0 Å². The molecular formula is C16H18N4O3. The minimum atomic E-state index is -0.227. The maximum atomic E-state index is 12.6. The second kappa shape index (κ2) is 5.66. The third-order valence-corrected chi connectivity index (χ3v) is 4.65. The molecule has 2 aliphatic heterocycles. The molecule has 2 aliphatic rings. The normalized spacial score (nSPS) is 26.2. The van der Waals surface area contributed by atoms with Crippen LogP contribution in [0.1, 0.15) is 23.3 Å². The Hall–Kier alpha value is -2.41. The van der Waals surface area contributed by atoms with Crippen molar-refractivity contribution in [2.24, 2.45) is 5.92 Å². The number of hydrogen-bond donors (Lipinski definition) is 2. The lowest BCUT2D eigenvalue weighted by Crippen LogP contribution is -2.47. The summed E-state index contributed by atoms with van der Waals surface area (Å²) < 4.78 is 5.53. The first-order chi connectivity index (χ1) is 11.2. The van der Waals surface area contributed by atoms with E-state index in [4.69, 9.17) is 4.42 Å². The monoisotopic (exact) mass is 314 g/mol. The van der Waals surface area contributed by atoms with Crippen LogP contribution in [0.5, 0.6) is 0 Å². The van der Waals surface area contributed by atoms with Gasteiger partial charge >= 0.3 is 0 Å². The van der Waals surface area contributed by atoms with Gasteiger partial charge in [0, 0.05) is 36.8 Å². The zero-order chi connectivity index (χ0) is 15.8. The summed E-state index contributed by atoms with van der Waals surface area (Å²) >= 11 is 0. The van der Waals surface area contributed by atoms with Crippen LogP contribution in [0, 0.1) is 5.92 Å². The van der Waals surface area contributed by atoms with E-state index in [9.17, 15) is 9.59 Å². The van der Waals surface area contributed by atoms with Crippen molar-refractivity contribution in [2.45, 2.75) is 18.9 Å². The van der Waals surface area contributed by atoms with Crippen molar-refractivity contribution in [3.63, 3.8) is 0 Å². The maximum Gasteiger partial charge on any atom is 0.274 e. The standard InChI is InChI=1S/C16H18N4O3/c21-9-18-13-6-11-1-3-17-14(15(11)23-13)16(22)19-12-5-10-2-4-20(7-10)8-12/h1,3,6,9-10,12H,2,4-5,7-8H2,(H,18,21)(H,19,22)/t10-,12-/m1/s1. The van der Waals surface area contributed by atoms with Crippen LogP contribution in [-0.4, -0.2) is 47.9 Å². The van der Waals surface area contributed by atoms with Gasteiger partial charge in [-0.1, -0.05) is 0 Å². The van der Waals surface area contributed by atoms with Crippen LogP contribution in [0.15, 0.2) is 22.7 Å². The predicted octanol–water partition coefficient (Wildman–Crippen LogP) is 1.22. The molecule has 7 nitrogen and oxygen atoms in total. The summed E-state index contributed by atoms with van der Waals surface area (Å²) in [4.78, 5) is 29.7. The van der Waals surface area contributed by atoms with Crippen LogP contribution in [0.25, 0.3) is 11.0 Å². The second-order valence-electron chi connectivity index (χ2n) is 6.27. The van der Waals surface area contributed by atoms with Crippen LogP contribution in [0.2, 0.25) is 0 Å². The highest BCUT2D eigenvalue weighted by Gasteiger charge is 2.33. The number of pyridine rings is 1. The van der Waals surface area contributed by atoms with Gasteiger partial charge in [0.05, 0.1) is 0 Å². The molecule has 2 aromatic rings. The summed E-state index contributed by atoms with van der Waals surface area (Å²) in [5, 5.41) is 6.27. The number of furan rings is 1. The maximum absolute atomic E-state index is 12.6. The number of aromatic nitrogens is 1. The highest BCUT2D eigenvalue weighted by Crippen LogP contribution is 2.28. The first-order valence-electron chi connectivity index (χ1n) is 7.85. The third-order valence-electron chi connectivity index (χ3n) is 4.65. The van der Waals surface area contributed by atoms with Crippen LogP contribution >= 0.6 is 0 Å². The average molecular weight is 314 g/mol. The van der Waals surface area contributed by atoms with E-state index in [1.807, 2.05) is 0 Å². The fraction of sp³-hybridized carbons (Fsp3) is 0.438. The first-order valence-corrected chi connectivity index (χ1v) is 7.85. The lowest BCUT2D eigenvalue weighted by molar-refractivity contribution is -0.105. The summed E-state index contributed by atoms with van der Waals surface area (Å²) in [7, 11) is 0. The number of carbonyl (C=O) groups excluding carboxylic acids is 2. The number of fused-ring (bicyclic) bond motifs is 3. The molecule has 120 valence electrons. The van der Waals surface area contributed by atoms with Crippen LogP contribution in [-0.2, 0) is 4.79 Å². The number of anilines is 1. The Labute approximate surface area is 133 Å². The van der Waals surface area contributed by atoms with Gasteiger partial charge in [-0.3, -0.25) is 14.9 Å². The molecular weight excluding hydrogens is 296 g/mol. The molecule has 7 heteroatoms. The fourth-order valence-corrected chi connectivity index (χ4v) is 3.67. The van der Waals surface area contributed by atoms with Gasteiger partial charge in [0.25, 0.3) is 5.91 Å². The van der Waals surface area contributed by atoms with Gasteiger partial charge in [0.1, 0.15) is 0 Å². The van der Waals surface area contributed by atoms with Crippen molar-refractivity contribution >= 4 is 29.2 Å². The van der Waals surface area contributed by atoms with E-state index in [1.54, 1.807) is 18.3 Å². The van der Waals surface area contributed by atoms with Crippen molar-refractivity contribution in [3.8, 4) is 0 Å². The van der Waals surface area contributed by atoms with Crippen molar-refractivity contribution in [2.75, 3.05) is 25.0 Å².